The van der Waals surface area contributed by atoms with Crippen molar-refractivity contribution in [3.05, 3.63) is 24.0 Å². The Morgan fingerprint density at radius 1 is 1.05 bits per heavy atom. The normalized spacial score (nSPS) is 37.3. The molecule has 4 saturated carbocycles. The van der Waals surface area contributed by atoms with Gasteiger partial charge in [-0.1, -0.05) is 0 Å². The Labute approximate surface area is 125 Å². The molecule has 4 aliphatic carbocycles. The first-order chi connectivity index (χ1) is 10.2. The lowest BCUT2D eigenvalue weighted by atomic mass is 9.54. The summed E-state index contributed by atoms with van der Waals surface area (Å²) in [7, 11) is 0. The fourth-order valence-electron chi connectivity index (χ4n) is 5.58. The van der Waals surface area contributed by atoms with Crippen molar-refractivity contribution in [3.63, 3.8) is 0 Å². The molecule has 6 rings (SSSR count). The third-order valence-corrected chi connectivity index (χ3v) is 6.16. The molecule has 0 radical (unpaired) electrons. The van der Waals surface area contributed by atoms with Crippen LogP contribution in [0.25, 0.3) is 11.0 Å². The number of aromatic amines is 1. The van der Waals surface area contributed by atoms with Crippen LogP contribution >= 0.6 is 0 Å². The first-order valence-electron chi connectivity index (χ1n) is 8.47. The molecule has 0 spiro atoms. The molecule has 0 aliphatic heterocycles. The number of H-pyrrole nitrogens is 1. The molecule has 0 amide bonds. The topological polar surface area (TPSA) is 40.7 Å². The number of nitrogens with one attached hydrogen (secondary N) is 2. The van der Waals surface area contributed by atoms with E-state index in [-0.39, 0.29) is 0 Å². The molecule has 2 N–H and O–H groups in total. The molecule has 3 nitrogen and oxygen atoms in total. The Kier molecular flexibility index (Phi) is 2.44. The van der Waals surface area contributed by atoms with Gasteiger partial charge in [0.15, 0.2) is 0 Å². The number of fused-ring (bicyclic) bond motifs is 1. The molecule has 2 aromatic rings. The van der Waals surface area contributed by atoms with Crippen LogP contribution in [0.1, 0.15) is 37.9 Å². The van der Waals surface area contributed by atoms with E-state index in [4.69, 9.17) is 0 Å². The van der Waals surface area contributed by atoms with E-state index in [1.165, 1.54) is 37.8 Å². The van der Waals surface area contributed by atoms with Gasteiger partial charge in [0.25, 0.3) is 0 Å². The highest BCUT2D eigenvalue weighted by Gasteiger charge is 2.48. The van der Waals surface area contributed by atoms with E-state index in [0.717, 1.165) is 40.5 Å². The molecule has 0 unspecified atom stereocenters. The number of hydrogen-bond acceptors (Lipinski definition) is 2. The van der Waals surface area contributed by atoms with Crippen molar-refractivity contribution in [1.29, 1.82) is 0 Å². The number of benzene rings is 1. The summed E-state index contributed by atoms with van der Waals surface area (Å²) in [5.41, 5.74) is 3.49. The summed E-state index contributed by atoms with van der Waals surface area (Å²) in [6, 6.07) is 7.28. The summed E-state index contributed by atoms with van der Waals surface area (Å²) in [5, 5.41) is 3.88. The molecule has 21 heavy (non-hydrogen) atoms. The number of aromatic nitrogens is 2. The van der Waals surface area contributed by atoms with Crippen molar-refractivity contribution in [3.8, 4) is 0 Å². The van der Waals surface area contributed by atoms with Gasteiger partial charge in [-0.25, -0.2) is 4.98 Å². The summed E-state index contributed by atoms with van der Waals surface area (Å²) in [5.74, 6) is 4.92. The van der Waals surface area contributed by atoms with Gasteiger partial charge in [-0.15, -0.1) is 0 Å². The van der Waals surface area contributed by atoms with Crippen molar-refractivity contribution in [2.75, 3.05) is 5.32 Å². The average Bonchev–Trinajstić information content (AvgIpc) is 2.81. The van der Waals surface area contributed by atoms with Crippen LogP contribution in [0.5, 0.6) is 0 Å². The molecule has 1 aromatic heterocycles. The lowest BCUT2D eigenvalue weighted by molar-refractivity contribution is 0.00754. The number of aryl methyl sites for hydroxylation is 1. The van der Waals surface area contributed by atoms with E-state index in [0.29, 0.717) is 6.04 Å². The summed E-state index contributed by atoms with van der Waals surface area (Å²) >= 11 is 0. The van der Waals surface area contributed by atoms with Gasteiger partial charge >= 0.3 is 0 Å². The maximum atomic E-state index is 4.49. The van der Waals surface area contributed by atoms with Gasteiger partial charge < -0.3 is 10.3 Å². The van der Waals surface area contributed by atoms with Gasteiger partial charge in [0.05, 0.1) is 11.0 Å². The van der Waals surface area contributed by atoms with Crippen LogP contribution in [0.4, 0.5) is 5.69 Å². The van der Waals surface area contributed by atoms with Gasteiger partial charge in [-0.05, 0) is 80.9 Å². The average molecular weight is 281 g/mol. The maximum absolute atomic E-state index is 4.49. The minimum absolute atomic E-state index is 0.708. The molecule has 1 heterocycles. The van der Waals surface area contributed by atoms with E-state index in [1.807, 2.05) is 6.92 Å². The molecule has 4 fully saturated rings. The van der Waals surface area contributed by atoms with Crippen LogP contribution in [0.3, 0.4) is 0 Å². The number of rotatable bonds is 2. The van der Waals surface area contributed by atoms with Crippen molar-refractivity contribution < 1.29 is 0 Å². The van der Waals surface area contributed by atoms with Gasteiger partial charge in [-0.3, -0.25) is 0 Å². The van der Waals surface area contributed by atoms with Crippen molar-refractivity contribution in [1.82, 2.24) is 9.97 Å². The summed E-state index contributed by atoms with van der Waals surface area (Å²) in [6.45, 7) is 2.02. The molecular formula is C18H23N3. The standard InChI is InChI=1S/C18H23N3/c1-10-19-16-3-2-15(9-17(16)20-10)21-18-13-5-11-4-12(7-13)8-14(18)6-11/h2-3,9,11-14,18,21H,4-8H2,1H3,(H,19,20). The number of hydrogen-bond donors (Lipinski definition) is 2. The van der Waals surface area contributed by atoms with Crippen LogP contribution in [0.15, 0.2) is 18.2 Å². The Balaban J connectivity index is 1.43. The van der Waals surface area contributed by atoms with Gasteiger partial charge in [0, 0.05) is 11.7 Å². The first-order valence-corrected chi connectivity index (χ1v) is 8.47. The molecule has 4 aliphatic rings. The molecule has 3 heteroatoms. The number of anilines is 1. The van der Waals surface area contributed by atoms with Gasteiger partial charge in [0.2, 0.25) is 0 Å². The monoisotopic (exact) mass is 281 g/mol. The molecule has 0 atom stereocenters. The number of nitrogens with zero attached hydrogens (tertiary/aromatic N) is 1. The largest absolute Gasteiger partial charge is 0.382 e. The lowest BCUT2D eigenvalue weighted by Crippen LogP contribution is -2.51. The van der Waals surface area contributed by atoms with E-state index in [9.17, 15) is 0 Å². The quantitative estimate of drug-likeness (QED) is 0.869. The fourth-order valence-corrected chi connectivity index (χ4v) is 5.58. The van der Waals surface area contributed by atoms with Crippen molar-refractivity contribution in [2.24, 2.45) is 23.7 Å². The minimum Gasteiger partial charge on any atom is -0.382 e. The highest BCUT2D eigenvalue weighted by atomic mass is 15.0. The smallest absolute Gasteiger partial charge is 0.104 e. The number of imidazole rings is 1. The zero-order valence-electron chi connectivity index (χ0n) is 12.6. The second kappa shape index (κ2) is 4.25. The molecule has 4 bridgehead atoms. The molecule has 110 valence electrons. The van der Waals surface area contributed by atoms with Crippen LogP contribution in [0.2, 0.25) is 0 Å². The van der Waals surface area contributed by atoms with Crippen LogP contribution in [-0.2, 0) is 0 Å². The zero-order chi connectivity index (χ0) is 14.0. The Bertz CT molecular complexity index is 659. The van der Waals surface area contributed by atoms with Gasteiger partial charge in [0.1, 0.15) is 5.82 Å². The molecular weight excluding hydrogens is 258 g/mol. The summed E-state index contributed by atoms with van der Waals surface area (Å²) in [4.78, 5) is 7.84. The Morgan fingerprint density at radius 2 is 1.76 bits per heavy atom. The van der Waals surface area contributed by atoms with Crippen LogP contribution in [-0.4, -0.2) is 16.0 Å². The summed E-state index contributed by atoms with van der Waals surface area (Å²) in [6.07, 6.45) is 7.40. The first kappa shape index (κ1) is 12.1. The lowest BCUT2D eigenvalue weighted by Gasteiger charge is -2.54. The second-order valence-electron chi connectivity index (χ2n) is 7.65. The maximum Gasteiger partial charge on any atom is 0.104 e. The van der Waals surface area contributed by atoms with E-state index < -0.39 is 0 Å². The molecule has 1 aromatic carbocycles. The van der Waals surface area contributed by atoms with Crippen molar-refractivity contribution in [2.45, 2.75) is 45.1 Å². The summed E-state index contributed by atoms with van der Waals surface area (Å²) < 4.78 is 0. The minimum atomic E-state index is 0.708. The predicted octanol–water partition coefficient (Wildman–Crippen LogP) is 4.11. The fraction of sp³-hybridized carbons (Fsp3) is 0.611. The SMILES string of the molecule is Cc1nc2ccc(NC3C4CC5CC(C4)CC3C5)cc2[nH]1. The zero-order valence-corrected chi connectivity index (χ0v) is 12.6. The van der Waals surface area contributed by atoms with Gasteiger partial charge in [-0.2, -0.15) is 0 Å². The Hall–Kier alpha value is -1.51. The highest BCUT2D eigenvalue weighted by molar-refractivity contribution is 5.79. The third-order valence-electron chi connectivity index (χ3n) is 6.16. The van der Waals surface area contributed by atoms with Crippen LogP contribution in [0, 0.1) is 30.6 Å². The van der Waals surface area contributed by atoms with Crippen LogP contribution < -0.4 is 5.32 Å². The van der Waals surface area contributed by atoms with Crippen molar-refractivity contribution >= 4 is 16.7 Å². The Morgan fingerprint density at radius 3 is 2.48 bits per heavy atom. The molecule has 0 saturated heterocycles. The van der Waals surface area contributed by atoms with E-state index in [2.05, 4.69) is 33.5 Å². The van der Waals surface area contributed by atoms with E-state index >= 15 is 0 Å². The second-order valence-corrected chi connectivity index (χ2v) is 7.65. The third kappa shape index (κ3) is 1.90. The predicted molar refractivity (Wildman–Crippen MR) is 85.3 cm³/mol. The van der Waals surface area contributed by atoms with E-state index in [1.54, 1.807) is 0 Å². The highest BCUT2D eigenvalue weighted by Crippen LogP contribution is 2.54.